The second-order valence-electron chi connectivity index (χ2n) is 12.7. The fourth-order valence-corrected chi connectivity index (χ4v) is 8.00. The molecule has 13 heteroatoms. The average Bonchev–Trinajstić information content (AvgIpc) is 3.60. The second kappa shape index (κ2) is 11.1. The lowest BCUT2D eigenvalue weighted by Gasteiger charge is -2.47. The molecule has 0 spiro atoms. The van der Waals surface area contributed by atoms with Gasteiger partial charge in [-0.25, -0.2) is 9.36 Å². The van der Waals surface area contributed by atoms with Gasteiger partial charge in [0, 0.05) is 24.9 Å². The fraction of sp³-hybridized carbons (Fsp3) is 0.469. The van der Waals surface area contributed by atoms with Gasteiger partial charge < -0.3 is 19.3 Å². The highest BCUT2D eigenvalue weighted by Gasteiger charge is 2.56. The fourth-order valence-electron chi connectivity index (χ4n) is 6.67. The van der Waals surface area contributed by atoms with Crippen LogP contribution in [0.3, 0.4) is 0 Å². The molecule has 2 aromatic carbocycles. The predicted octanol–water partition coefficient (Wildman–Crippen LogP) is 4.13. The molecular formula is C32H34N4O8P+. The van der Waals surface area contributed by atoms with Gasteiger partial charge in [0.2, 0.25) is 11.6 Å². The van der Waals surface area contributed by atoms with Crippen molar-refractivity contribution in [1.29, 1.82) is 10.5 Å². The van der Waals surface area contributed by atoms with Crippen LogP contribution in [0, 0.1) is 22.7 Å². The number of nitrogens with zero attached hydrogens (tertiary/aromatic N) is 4. The van der Waals surface area contributed by atoms with Crippen molar-refractivity contribution in [3.05, 3.63) is 58.7 Å². The van der Waals surface area contributed by atoms with Gasteiger partial charge in [-0.1, -0.05) is 0 Å². The van der Waals surface area contributed by atoms with Crippen molar-refractivity contribution in [3.8, 4) is 23.6 Å². The summed E-state index contributed by atoms with van der Waals surface area (Å²) >= 11 is 0. The molecular weight excluding hydrogens is 599 g/mol. The SMILES string of the molecule is CC1(C)Oc2ccc(C#N)cc2C(=[N+]2CCCC2=O)[C@@H]1OP(=O)(O)O[C@H]1C(N2CCCC2=O)c2cc(C#N)ccc2OC1(C)C. The molecule has 0 saturated carbocycles. The summed E-state index contributed by atoms with van der Waals surface area (Å²) in [6.45, 7) is 7.50. The first-order valence-electron chi connectivity index (χ1n) is 14.9. The standard InChI is InChI=1S/C32H33N4O8P/c1-31(2)29(27(35-13-5-7-25(35)37)21-15-19(17-33)9-11-23(21)41-31)43-45(39,40)44-30-28(36-14-6-8-26(36)38)22-16-20(18-34)10-12-24(22)42-32(30,3)4/h9-12,15-16,27,29-30H,5-8,13-14H2,1-4H3/p+1/t27?,29-,30-/m0/s1. The Balaban J connectivity index is 1.42. The highest BCUT2D eigenvalue weighted by atomic mass is 31.2. The molecule has 6 rings (SSSR count). The lowest BCUT2D eigenvalue weighted by atomic mass is 9.85. The Labute approximate surface area is 261 Å². The number of carbonyl (C=O) groups is 2. The van der Waals surface area contributed by atoms with Gasteiger partial charge in [-0.05, 0) is 70.5 Å². The Hall–Kier alpha value is -4.06. The Morgan fingerprint density at radius 3 is 2.24 bits per heavy atom. The number of nitriles is 2. The number of hydrogen-bond acceptors (Lipinski definition) is 9. The van der Waals surface area contributed by atoms with E-state index in [1.54, 1.807) is 69.0 Å². The number of carbonyl (C=O) groups excluding carboxylic acids is 2. The first kappa shape index (κ1) is 30.9. The molecule has 4 aliphatic rings. The third kappa shape index (κ3) is 5.53. The van der Waals surface area contributed by atoms with E-state index in [0.717, 1.165) is 0 Å². The molecule has 4 heterocycles. The molecule has 2 fully saturated rings. The van der Waals surface area contributed by atoms with Gasteiger partial charge in [-0.3, -0.25) is 13.8 Å². The first-order valence-corrected chi connectivity index (χ1v) is 16.4. The Morgan fingerprint density at radius 1 is 0.956 bits per heavy atom. The van der Waals surface area contributed by atoms with Crippen LogP contribution in [0.5, 0.6) is 11.5 Å². The summed E-state index contributed by atoms with van der Waals surface area (Å²) in [6.07, 6.45) is -0.677. The van der Waals surface area contributed by atoms with Crippen LogP contribution in [0.1, 0.15) is 81.7 Å². The van der Waals surface area contributed by atoms with Gasteiger partial charge >= 0.3 is 13.7 Å². The van der Waals surface area contributed by atoms with Gasteiger partial charge in [0.1, 0.15) is 28.8 Å². The number of rotatable bonds is 5. The maximum atomic E-state index is 14.2. The van der Waals surface area contributed by atoms with E-state index in [0.29, 0.717) is 78.2 Å². The molecule has 4 aliphatic heterocycles. The lowest BCUT2D eigenvalue weighted by molar-refractivity contribution is -0.436. The maximum absolute atomic E-state index is 14.2. The van der Waals surface area contributed by atoms with Crippen molar-refractivity contribution < 1.29 is 42.1 Å². The molecule has 2 aromatic rings. The molecule has 2 saturated heterocycles. The summed E-state index contributed by atoms with van der Waals surface area (Å²) in [7, 11) is -5.03. The lowest BCUT2D eigenvalue weighted by Crippen LogP contribution is -2.56. The van der Waals surface area contributed by atoms with Crippen molar-refractivity contribution >= 4 is 25.3 Å². The summed E-state index contributed by atoms with van der Waals surface area (Å²) in [5.74, 6) is 0.509. The monoisotopic (exact) mass is 633 g/mol. The molecule has 234 valence electrons. The first-order chi connectivity index (χ1) is 21.2. The number of likely N-dealkylation sites (tertiary alicyclic amines) is 1. The molecule has 0 radical (unpaired) electrons. The van der Waals surface area contributed by atoms with Crippen molar-refractivity contribution in [2.75, 3.05) is 13.1 Å². The zero-order valence-electron chi connectivity index (χ0n) is 25.5. The molecule has 4 atom stereocenters. The van der Waals surface area contributed by atoms with Crippen molar-refractivity contribution in [2.45, 2.75) is 82.8 Å². The quantitative estimate of drug-likeness (QED) is 0.374. The topological polar surface area (TPSA) is 162 Å². The van der Waals surface area contributed by atoms with Crippen LogP contribution in [0.25, 0.3) is 0 Å². The van der Waals surface area contributed by atoms with Crippen molar-refractivity contribution in [2.24, 2.45) is 0 Å². The van der Waals surface area contributed by atoms with Gasteiger partial charge in [-0.15, -0.1) is 0 Å². The third-order valence-corrected chi connectivity index (χ3v) is 9.71. The summed E-state index contributed by atoms with van der Waals surface area (Å²) in [5, 5.41) is 19.2. The van der Waals surface area contributed by atoms with E-state index >= 15 is 0 Å². The van der Waals surface area contributed by atoms with Crippen molar-refractivity contribution in [3.63, 3.8) is 0 Å². The molecule has 1 N–H and O–H groups in total. The Kier molecular flexibility index (Phi) is 7.62. The van der Waals surface area contributed by atoms with Crippen LogP contribution in [-0.4, -0.2) is 68.4 Å². The van der Waals surface area contributed by atoms with E-state index < -0.39 is 37.3 Å². The minimum absolute atomic E-state index is 0.150. The molecule has 12 nitrogen and oxygen atoms in total. The normalized spacial score (nSPS) is 27.8. The molecule has 0 bridgehead atoms. The van der Waals surface area contributed by atoms with Gasteiger partial charge in [0.15, 0.2) is 12.6 Å². The second-order valence-corrected chi connectivity index (χ2v) is 14.1. The summed E-state index contributed by atoms with van der Waals surface area (Å²) < 4.78 is 40.2. The van der Waals surface area contributed by atoms with Crippen LogP contribution >= 0.6 is 7.82 Å². The van der Waals surface area contributed by atoms with Crippen molar-refractivity contribution in [1.82, 2.24) is 4.90 Å². The Bertz CT molecular complexity index is 1770. The number of ether oxygens (including phenoxy) is 2. The smallest absolute Gasteiger partial charge is 0.473 e. The van der Waals surface area contributed by atoms with Crippen LogP contribution in [-0.2, 0) is 23.2 Å². The highest BCUT2D eigenvalue weighted by molar-refractivity contribution is 7.47. The third-order valence-electron chi connectivity index (χ3n) is 8.74. The minimum atomic E-state index is -5.03. The number of benzene rings is 2. The number of fused-ring (bicyclic) bond motifs is 2. The van der Waals surface area contributed by atoms with Crippen LogP contribution in [0.2, 0.25) is 0 Å². The highest BCUT2D eigenvalue weighted by Crippen LogP contribution is 2.56. The van der Waals surface area contributed by atoms with E-state index in [1.165, 1.54) is 4.58 Å². The van der Waals surface area contributed by atoms with E-state index in [4.69, 9.17) is 18.5 Å². The van der Waals surface area contributed by atoms with Gasteiger partial charge in [0.05, 0.1) is 41.3 Å². The number of amides is 2. The zero-order valence-corrected chi connectivity index (χ0v) is 26.4. The molecule has 45 heavy (non-hydrogen) atoms. The summed E-state index contributed by atoms with van der Waals surface area (Å²) in [5.41, 5.74) is -0.608. The van der Waals surface area contributed by atoms with E-state index in [9.17, 15) is 29.6 Å². The summed E-state index contributed by atoms with van der Waals surface area (Å²) in [4.78, 5) is 39.2. The largest absolute Gasteiger partial charge is 0.485 e. The average molecular weight is 634 g/mol. The number of phosphoric acid groups is 1. The molecule has 0 aliphatic carbocycles. The number of phosphoric ester groups is 1. The van der Waals surface area contributed by atoms with Crippen LogP contribution in [0.15, 0.2) is 36.4 Å². The maximum Gasteiger partial charge on any atom is 0.473 e. The van der Waals surface area contributed by atoms with Gasteiger partial charge in [-0.2, -0.15) is 15.1 Å². The summed E-state index contributed by atoms with van der Waals surface area (Å²) in [6, 6.07) is 13.0. The zero-order chi connectivity index (χ0) is 32.3. The van der Waals surface area contributed by atoms with E-state index in [2.05, 4.69) is 12.1 Å². The Morgan fingerprint density at radius 2 is 1.62 bits per heavy atom. The minimum Gasteiger partial charge on any atom is -0.485 e. The predicted molar refractivity (Wildman–Crippen MR) is 158 cm³/mol. The molecule has 2 unspecified atom stereocenters. The van der Waals surface area contributed by atoms with Gasteiger partial charge in [0.25, 0.3) is 0 Å². The van der Waals surface area contributed by atoms with E-state index in [-0.39, 0.29) is 11.8 Å². The van der Waals surface area contributed by atoms with Crippen LogP contribution in [0.4, 0.5) is 0 Å². The number of hydrogen-bond donors (Lipinski definition) is 1. The van der Waals surface area contributed by atoms with E-state index in [1.807, 2.05) is 0 Å². The van der Waals surface area contributed by atoms with Crippen LogP contribution < -0.4 is 9.47 Å². The molecule has 0 aromatic heterocycles. The molecule has 2 amide bonds.